The van der Waals surface area contributed by atoms with Crippen molar-refractivity contribution in [1.82, 2.24) is 9.47 Å². The smallest absolute Gasteiger partial charge is 0.254 e. The lowest BCUT2D eigenvalue weighted by Gasteiger charge is -2.45. The minimum absolute atomic E-state index is 0.0454. The average molecular weight is 574 g/mol. The maximum Gasteiger partial charge on any atom is 0.254 e. The number of ether oxygens (including phenoxy) is 2. The van der Waals surface area contributed by atoms with Crippen LogP contribution in [0.4, 0.5) is 5.69 Å². The van der Waals surface area contributed by atoms with E-state index in [0.717, 1.165) is 45.2 Å². The first-order valence-corrected chi connectivity index (χ1v) is 15.2. The Bertz CT molecular complexity index is 1890. The predicted molar refractivity (Wildman–Crippen MR) is 169 cm³/mol. The van der Waals surface area contributed by atoms with Crippen LogP contribution in [-0.2, 0) is 17.8 Å². The van der Waals surface area contributed by atoms with Crippen molar-refractivity contribution in [2.24, 2.45) is 0 Å². The van der Waals surface area contributed by atoms with Crippen molar-refractivity contribution >= 4 is 39.3 Å². The lowest BCUT2D eigenvalue weighted by Crippen LogP contribution is -2.49. The van der Waals surface area contributed by atoms with Crippen molar-refractivity contribution in [3.8, 4) is 11.5 Å². The molecule has 7 nitrogen and oxygen atoms in total. The monoisotopic (exact) mass is 573 g/mol. The van der Waals surface area contributed by atoms with E-state index in [4.69, 9.17) is 9.47 Å². The predicted octanol–water partition coefficient (Wildman–Crippen LogP) is 7.09. The van der Waals surface area contributed by atoms with E-state index in [-0.39, 0.29) is 11.8 Å². The van der Waals surface area contributed by atoms with Gasteiger partial charge in [-0.25, -0.2) is 0 Å². The van der Waals surface area contributed by atoms with E-state index in [1.54, 1.807) is 0 Å². The molecule has 1 aromatic heterocycles. The maximum absolute atomic E-state index is 14.4. The molecule has 0 saturated heterocycles. The summed E-state index contributed by atoms with van der Waals surface area (Å²) in [6.07, 6.45) is 0.679. The van der Waals surface area contributed by atoms with E-state index in [1.807, 2.05) is 67.3 Å². The molecule has 4 aromatic carbocycles. The zero-order valence-corrected chi connectivity index (χ0v) is 24.7. The molecule has 5 aromatic rings. The van der Waals surface area contributed by atoms with Crippen molar-refractivity contribution in [2.75, 3.05) is 25.1 Å². The van der Waals surface area contributed by atoms with Gasteiger partial charge >= 0.3 is 0 Å². The number of fused-ring (bicyclic) bond motifs is 7. The molecule has 0 spiro atoms. The third-order valence-corrected chi connectivity index (χ3v) is 8.82. The Kier molecular flexibility index (Phi) is 6.80. The number of anilines is 1. The topological polar surface area (TPSA) is 72.8 Å². The molecule has 2 aliphatic heterocycles. The Labute approximate surface area is 251 Å². The fourth-order valence-corrected chi connectivity index (χ4v) is 7.05. The van der Waals surface area contributed by atoms with Gasteiger partial charge in [0.1, 0.15) is 0 Å². The third-order valence-electron chi connectivity index (χ3n) is 8.82. The van der Waals surface area contributed by atoms with Crippen molar-refractivity contribution in [3.05, 3.63) is 101 Å². The zero-order valence-electron chi connectivity index (χ0n) is 24.7. The van der Waals surface area contributed by atoms with Crippen LogP contribution in [0.5, 0.6) is 11.5 Å². The fourth-order valence-electron chi connectivity index (χ4n) is 7.05. The van der Waals surface area contributed by atoms with Crippen LogP contribution in [0.15, 0.2) is 78.9 Å². The molecule has 0 radical (unpaired) electrons. The molecule has 3 heterocycles. The lowest BCUT2D eigenvalue weighted by molar-refractivity contribution is -0.119. The van der Waals surface area contributed by atoms with Gasteiger partial charge in [0.2, 0.25) is 5.91 Å². The zero-order chi connectivity index (χ0) is 29.7. The normalized spacial score (nSPS) is 17.4. The second kappa shape index (κ2) is 10.8. The van der Waals surface area contributed by atoms with Crippen molar-refractivity contribution in [3.63, 3.8) is 0 Å². The van der Waals surface area contributed by atoms with Crippen molar-refractivity contribution < 1.29 is 19.1 Å². The first-order valence-electron chi connectivity index (χ1n) is 15.2. The van der Waals surface area contributed by atoms with Gasteiger partial charge in [-0.1, -0.05) is 36.4 Å². The summed E-state index contributed by atoms with van der Waals surface area (Å²) in [6, 6.07) is 25.5. The summed E-state index contributed by atoms with van der Waals surface area (Å²) in [6.45, 7) is 8.41. The summed E-state index contributed by atoms with van der Waals surface area (Å²) in [7, 11) is 0. The van der Waals surface area contributed by atoms with E-state index in [9.17, 15) is 9.59 Å². The molecule has 2 atom stereocenters. The van der Waals surface area contributed by atoms with E-state index < -0.39 is 12.0 Å². The Morgan fingerprint density at radius 3 is 2.35 bits per heavy atom. The second-order valence-electron chi connectivity index (χ2n) is 11.1. The number of hydrogen-bond donors (Lipinski definition) is 1. The number of aromatic nitrogens is 1. The van der Waals surface area contributed by atoms with Gasteiger partial charge in [-0.3, -0.25) is 9.59 Å². The van der Waals surface area contributed by atoms with E-state index >= 15 is 0 Å². The largest absolute Gasteiger partial charge is 0.490 e. The average Bonchev–Trinajstić information content (AvgIpc) is 3.34. The summed E-state index contributed by atoms with van der Waals surface area (Å²) < 4.78 is 14.2. The van der Waals surface area contributed by atoms with Gasteiger partial charge in [0.05, 0.1) is 25.2 Å². The highest BCUT2D eigenvalue weighted by Gasteiger charge is 2.46. The number of carbonyl (C=O) groups excluding carboxylic acids is 2. The van der Waals surface area contributed by atoms with E-state index in [2.05, 4.69) is 47.1 Å². The number of nitrogens with one attached hydrogen (secondary N) is 1. The Hall–Kier alpha value is -4.78. The Morgan fingerprint density at radius 2 is 1.56 bits per heavy atom. The first kappa shape index (κ1) is 27.1. The summed E-state index contributed by atoms with van der Waals surface area (Å²) in [5.74, 6) is 0.532. The molecule has 7 rings (SSSR count). The van der Waals surface area contributed by atoms with Crippen LogP contribution >= 0.6 is 0 Å². The summed E-state index contributed by atoms with van der Waals surface area (Å²) in [5, 5.41) is 5.50. The molecule has 0 aliphatic carbocycles. The Balaban J connectivity index is 1.33. The van der Waals surface area contributed by atoms with Gasteiger partial charge in [-0.15, -0.1) is 0 Å². The molecule has 7 heteroatoms. The van der Waals surface area contributed by atoms with Gasteiger partial charge in [-0.05, 0) is 86.3 Å². The van der Waals surface area contributed by atoms with Gasteiger partial charge in [0.25, 0.3) is 5.91 Å². The minimum atomic E-state index is -0.604. The van der Waals surface area contributed by atoms with Crippen LogP contribution < -0.4 is 14.8 Å². The molecule has 218 valence electrons. The van der Waals surface area contributed by atoms with Gasteiger partial charge in [0, 0.05) is 46.1 Å². The van der Waals surface area contributed by atoms with Gasteiger partial charge in [0.15, 0.2) is 11.5 Å². The maximum atomic E-state index is 14.4. The summed E-state index contributed by atoms with van der Waals surface area (Å²) in [5.41, 5.74) is 6.38. The SMILES string of the molecule is CCOc1cc2c(cc1OCC)[C@H]1[C@H](C(=O)Nc3ccc4c(c3)c3ccccc3n4CC)c3ccccc3C(=O)N1CC2. The minimum Gasteiger partial charge on any atom is -0.490 e. The van der Waals surface area contributed by atoms with Gasteiger partial charge in [-0.2, -0.15) is 0 Å². The summed E-state index contributed by atoms with van der Waals surface area (Å²) in [4.78, 5) is 30.1. The highest BCUT2D eigenvalue weighted by Crippen LogP contribution is 2.48. The van der Waals surface area contributed by atoms with Crippen LogP contribution in [0.25, 0.3) is 21.8 Å². The molecule has 0 bridgehead atoms. The summed E-state index contributed by atoms with van der Waals surface area (Å²) >= 11 is 0. The Morgan fingerprint density at radius 1 is 0.837 bits per heavy atom. The second-order valence-corrected chi connectivity index (χ2v) is 11.1. The van der Waals surface area contributed by atoms with Crippen LogP contribution in [0.2, 0.25) is 0 Å². The molecule has 0 unspecified atom stereocenters. The number of rotatable bonds is 7. The first-order chi connectivity index (χ1) is 21.0. The van der Waals surface area contributed by atoms with Crippen LogP contribution in [0.1, 0.15) is 59.8 Å². The number of para-hydroxylation sites is 1. The fraction of sp³-hybridized carbons (Fsp3) is 0.278. The lowest BCUT2D eigenvalue weighted by atomic mass is 9.75. The molecule has 43 heavy (non-hydrogen) atoms. The van der Waals surface area contributed by atoms with Crippen LogP contribution in [0.3, 0.4) is 0 Å². The van der Waals surface area contributed by atoms with Gasteiger partial charge < -0.3 is 24.3 Å². The molecule has 0 saturated carbocycles. The third kappa shape index (κ3) is 4.33. The number of aryl methyl sites for hydroxylation is 1. The van der Waals surface area contributed by atoms with Crippen molar-refractivity contribution in [2.45, 2.75) is 45.7 Å². The molecule has 0 fully saturated rings. The number of amides is 2. The number of nitrogens with zero attached hydrogens (tertiary/aromatic N) is 2. The molecule has 1 N–H and O–H groups in total. The van der Waals surface area contributed by atoms with E-state index in [0.29, 0.717) is 43.2 Å². The van der Waals surface area contributed by atoms with Crippen molar-refractivity contribution in [1.29, 1.82) is 0 Å². The highest BCUT2D eigenvalue weighted by atomic mass is 16.5. The highest BCUT2D eigenvalue weighted by molar-refractivity contribution is 6.10. The van der Waals surface area contributed by atoms with E-state index in [1.165, 1.54) is 5.52 Å². The molecule has 2 aliphatic rings. The molecule has 2 amide bonds. The molecular formula is C36H35N3O4. The number of carbonyl (C=O) groups is 2. The standard InChI is InChI=1S/C36H35N3O4/c1-4-38-29-14-10-9-11-24(29)28-20-23(15-16-30(28)38)37-35(40)33-25-12-7-8-13-26(25)36(41)39-18-17-22-19-31(42-5-2)32(43-6-3)21-27(22)34(33)39/h7-16,19-21,33-34H,4-6,17-18H2,1-3H3,(H,37,40)/t33-,34+/m1/s1. The van der Waals surface area contributed by atoms with Crippen LogP contribution in [0, 0.1) is 0 Å². The van der Waals surface area contributed by atoms with Crippen LogP contribution in [-0.4, -0.2) is 41.0 Å². The number of hydrogen-bond acceptors (Lipinski definition) is 4. The number of benzene rings is 4. The molecular weight excluding hydrogens is 538 g/mol. The quantitative estimate of drug-likeness (QED) is 0.226.